The maximum atomic E-state index is 6.19. The Morgan fingerprint density at radius 1 is 0.962 bits per heavy atom. The van der Waals surface area contributed by atoms with Gasteiger partial charge in [-0.15, -0.1) is 15.3 Å². The van der Waals surface area contributed by atoms with E-state index in [4.69, 9.17) is 16.7 Å². The zero-order chi connectivity index (χ0) is 17.7. The van der Waals surface area contributed by atoms with Crippen LogP contribution in [-0.2, 0) is 0 Å². The molecular formula is C19H21ClN6. The van der Waals surface area contributed by atoms with E-state index in [9.17, 15) is 0 Å². The number of benzene rings is 1. The monoisotopic (exact) mass is 368 g/mol. The van der Waals surface area contributed by atoms with Crippen molar-refractivity contribution in [2.75, 3.05) is 36.0 Å². The van der Waals surface area contributed by atoms with Crippen molar-refractivity contribution < 1.29 is 0 Å². The van der Waals surface area contributed by atoms with Crippen molar-refractivity contribution in [3.05, 3.63) is 46.7 Å². The number of anilines is 2. The van der Waals surface area contributed by atoms with Gasteiger partial charge >= 0.3 is 0 Å². The summed E-state index contributed by atoms with van der Waals surface area (Å²) in [7, 11) is 0. The molecule has 0 spiro atoms. The van der Waals surface area contributed by atoms with Crippen molar-refractivity contribution in [3.8, 4) is 0 Å². The predicted octanol–water partition coefficient (Wildman–Crippen LogP) is 3.29. The maximum Gasteiger partial charge on any atom is 0.178 e. The minimum absolute atomic E-state index is 0.537. The van der Waals surface area contributed by atoms with Crippen molar-refractivity contribution in [2.45, 2.75) is 25.7 Å². The van der Waals surface area contributed by atoms with Crippen LogP contribution in [-0.4, -0.2) is 46.0 Å². The minimum Gasteiger partial charge on any atom is -0.368 e. The molecule has 0 N–H and O–H groups in total. The second-order valence-corrected chi connectivity index (χ2v) is 7.64. The molecule has 2 fully saturated rings. The van der Waals surface area contributed by atoms with E-state index >= 15 is 0 Å². The van der Waals surface area contributed by atoms with E-state index in [0.717, 1.165) is 48.5 Å². The first kappa shape index (κ1) is 15.9. The lowest BCUT2D eigenvalue weighted by atomic mass is 10.1. The van der Waals surface area contributed by atoms with Crippen LogP contribution in [0.25, 0.3) is 5.65 Å². The Morgan fingerprint density at radius 3 is 2.50 bits per heavy atom. The van der Waals surface area contributed by atoms with Crippen molar-refractivity contribution in [2.24, 2.45) is 0 Å². The first-order chi connectivity index (χ1) is 12.7. The number of rotatable bonds is 3. The third-order valence-corrected chi connectivity index (χ3v) is 5.57. The Bertz CT molecular complexity index is 956. The fourth-order valence-electron chi connectivity index (χ4n) is 3.66. The smallest absolute Gasteiger partial charge is 0.178 e. The molecule has 1 aliphatic carbocycles. The Kier molecular flexibility index (Phi) is 3.74. The summed E-state index contributed by atoms with van der Waals surface area (Å²) in [5.74, 6) is 2.55. The largest absolute Gasteiger partial charge is 0.368 e. The molecule has 6 nitrogen and oxygen atoms in total. The summed E-state index contributed by atoms with van der Waals surface area (Å²) in [6.45, 7) is 5.92. The van der Waals surface area contributed by atoms with Gasteiger partial charge in [0.15, 0.2) is 11.5 Å². The van der Waals surface area contributed by atoms with Crippen molar-refractivity contribution in [1.29, 1.82) is 0 Å². The molecule has 2 aromatic heterocycles. The van der Waals surface area contributed by atoms with E-state index in [2.05, 4.69) is 45.1 Å². The molecule has 0 radical (unpaired) electrons. The fraction of sp³-hybridized carbons (Fsp3) is 0.421. The molecule has 7 heteroatoms. The predicted molar refractivity (Wildman–Crippen MR) is 103 cm³/mol. The lowest BCUT2D eigenvalue weighted by molar-refractivity contribution is 0.638. The number of halogens is 1. The first-order valence-corrected chi connectivity index (χ1v) is 9.55. The average molecular weight is 369 g/mol. The van der Waals surface area contributed by atoms with Crippen LogP contribution < -0.4 is 9.80 Å². The van der Waals surface area contributed by atoms with Crippen molar-refractivity contribution in [1.82, 2.24) is 19.8 Å². The fourth-order valence-corrected chi connectivity index (χ4v) is 3.83. The molecule has 0 bridgehead atoms. The number of aromatic nitrogens is 4. The Morgan fingerprint density at radius 2 is 1.73 bits per heavy atom. The third kappa shape index (κ3) is 2.78. The Labute approximate surface area is 157 Å². The number of fused-ring (bicyclic) bond motifs is 1. The van der Waals surface area contributed by atoms with E-state index in [0.29, 0.717) is 5.92 Å². The molecular weight excluding hydrogens is 348 g/mol. The summed E-state index contributed by atoms with van der Waals surface area (Å²) in [4.78, 5) is 4.75. The molecule has 0 amide bonds. The number of aryl methyl sites for hydroxylation is 1. The van der Waals surface area contributed by atoms with Gasteiger partial charge in [0.25, 0.3) is 0 Å². The van der Waals surface area contributed by atoms with Crippen molar-refractivity contribution in [3.63, 3.8) is 0 Å². The highest BCUT2D eigenvalue weighted by atomic mass is 35.5. The van der Waals surface area contributed by atoms with Gasteiger partial charge in [0.2, 0.25) is 0 Å². The summed E-state index contributed by atoms with van der Waals surface area (Å²) in [5, 5.41) is 14.2. The quantitative estimate of drug-likeness (QED) is 0.710. The van der Waals surface area contributed by atoms with Gasteiger partial charge in [-0.2, -0.15) is 4.52 Å². The summed E-state index contributed by atoms with van der Waals surface area (Å²) in [5.41, 5.74) is 3.33. The molecule has 1 aromatic carbocycles. The number of piperazine rings is 1. The topological polar surface area (TPSA) is 49.6 Å². The Balaban J connectivity index is 1.36. The summed E-state index contributed by atoms with van der Waals surface area (Å²) in [6.07, 6.45) is 2.40. The van der Waals surface area contributed by atoms with E-state index in [1.165, 1.54) is 24.1 Å². The van der Waals surface area contributed by atoms with E-state index < -0.39 is 0 Å². The summed E-state index contributed by atoms with van der Waals surface area (Å²) >= 11 is 6.19. The normalized spacial score (nSPS) is 17.9. The Hall–Kier alpha value is -2.34. The lowest BCUT2D eigenvalue weighted by Gasteiger charge is -2.37. The first-order valence-electron chi connectivity index (χ1n) is 9.17. The van der Waals surface area contributed by atoms with Gasteiger partial charge in [-0.05, 0) is 49.6 Å². The van der Waals surface area contributed by atoms with Crippen LogP contribution in [0.15, 0.2) is 30.3 Å². The second-order valence-electron chi connectivity index (χ2n) is 7.20. The van der Waals surface area contributed by atoms with Gasteiger partial charge in [-0.3, -0.25) is 0 Å². The van der Waals surface area contributed by atoms with Gasteiger partial charge in [0.05, 0.1) is 0 Å². The molecule has 1 aliphatic heterocycles. The van der Waals surface area contributed by atoms with Gasteiger partial charge in [0.1, 0.15) is 5.82 Å². The van der Waals surface area contributed by atoms with E-state index in [-0.39, 0.29) is 0 Å². The molecule has 2 aliphatic rings. The molecule has 0 atom stereocenters. The minimum atomic E-state index is 0.537. The lowest BCUT2D eigenvalue weighted by Crippen LogP contribution is -2.47. The second kappa shape index (κ2) is 6.13. The molecule has 1 saturated carbocycles. The summed E-state index contributed by atoms with van der Waals surface area (Å²) < 4.78 is 1.93. The van der Waals surface area contributed by atoms with Gasteiger partial charge in [-0.1, -0.05) is 17.7 Å². The van der Waals surface area contributed by atoms with Gasteiger partial charge in [-0.25, -0.2) is 0 Å². The molecule has 26 heavy (non-hydrogen) atoms. The standard InChI is InChI=1S/C19H21ClN6/c1-13-2-5-15(20)12-16(13)24-8-10-25(11-9-24)18-7-6-17-21-22-19(14-3-4-14)26(17)23-18/h2,5-7,12,14H,3-4,8-11H2,1H3. The molecule has 0 unspecified atom stereocenters. The van der Waals surface area contributed by atoms with E-state index in [1.54, 1.807) is 0 Å². The van der Waals surface area contributed by atoms with Gasteiger partial charge in [0, 0.05) is 42.8 Å². The molecule has 1 saturated heterocycles. The van der Waals surface area contributed by atoms with Crippen LogP contribution in [0, 0.1) is 6.92 Å². The van der Waals surface area contributed by atoms with Crippen LogP contribution in [0.3, 0.4) is 0 Å². The number of hydrogen-bond donors (Lipinski definition) is 0. The number of nitrogens with zero attached hydrogens (tertiary/aromatic N) is 6. The van der Waals surface area contributed by atoms with Crippen LogP contribution in [0.4, 0.5) is 11.5 Å². The van der Waals surface area contributed by atoms with Crippen LogP contribution in [0.5, 0.6) is 0 Å². The zero-order valence-electron chi connectivity index (χ0n) is 14.8. The van der Waals surface area contributed by atoms with E-state index in [1.807, 2.05) is 16.6 Å². The van der Waals surface area contributed by atoms with Crippen molar-refractivity contribution >= 4 is 28.8 Å². The van der Waals surface area contributed by atoms with Gasteiger partial charge < -0.3 is 9.80 Å². The molecule has 3 heterocycles. The number of hydrogen-bond acceptors (Lipinski definition) is 5. The highest BCUT2D eigenvalue weighted by Gasteiger charge is 2.29. The highest BCUT2D eigenvalue weighted by molar-refractivity contribution is 6.30. The molecule has 134 valence electrons. The molecule has 5 rings (SSSR count). The average Bonchev–Trinajstić information content (AvgIpc) is 3.43. The zero-order valence-corrected chi connectivity index (χ0v) is 15.5. The van der Waals surface area contributed by atoms with Crippen LogP contribution in [0.1, 0.15) is 30.1 Å². The molecule has 3 aromatic rings. The SMILES string of the molecule is Cc1ccc(Cl)cc1N1CCN(c2ccc3nnc(C4CC4)n3n2)CC1. The highest BCUT2D eigenvalue weighted by Crippen LogP contribution is 2.38. The summed E-state index contributed by atoms with van der Waals surface area (Å²) in [6, 6.07) is 10.2. The van der Waals surface area contributed by atoms with Crippen LogP contribution in [0.2, 0.25) is 5.02 Å². The van der Waals surface area contributed by atoms with Crippen LogP contribution >= 0.6 is 11.6 Å². The maximum absolute atomic E-state index is 6.19. The third-order valence-electron chi connectivity index (χ3n) is 5.33.